The average Bonchev–Trinajstić information content (AvgIpc) is 2.96. The summed E-state index contributed by atoms with van der Waals surface area (Å²) in [5.41, 5.74) is 0.0600. The van der Waals surface area contributed by atoms with Crippen LogP contribution in [0.3, 0.4) is 0 Å². The average molecular weight is 351 g/mol. The van der Waals surface area contributed by atoms with Crippen LogP contribution in [0.2, 0.25) is 5.02 Å². The van der Waals surface area contributed by atoms with Crippen LogP contribution in [0.5, 0.6) is 0 Å². The molecule has 3 aromatic rings. The molecular formula is C17H13ClF2N2O2. The highest BCUT2D eigenvalue weighted by Gasteiger charge is 2.24. The molecule has 0 bridgehead atoms. The van der Waals surface area contributed by atoms with Crippen molar-refractivity contribution in [1.82, 2.24) is 9.55 Å². The molecule has 24 heavy (non-hydrogen) atoms. The summed E-state index contributed by atoms with van der Waals surface area (Å²) in [6.45, 7) is 3.56. The predicted molar refractivity (Wildman–Crippen MR) is 87.0 cm³/mol. The molecule has 0 amide bonds. The quantitative estimate of drug-likeness (QED) is 0.702. The molecule has 3 rings (SSSR count). The third-order valence-corrected chi connectivity index (χ3v) is 4.02. The van der Waals surface area contributed by atoms with Gasteiger partial charge in [-0.2, -0.15) is 0 Å². The van der Waals surface area contributed by atoms with E-state index in [1.807, 2.05) is 0 Å². The minimum absolute atomic E-state index is 0.0665. The lowest BCUT2D eigenvalue weighted by molar-refractivity contribution is 0.568. The zero-order valence-electron chi connectivity index (χ0n) is 12.9. The van der Waals surface area contributed by atoms with E-state index in [1.165, 1.54) is 23.1 Å². The summed E-state index contributed by atoms with van der Waals surface area (Å²) in [6, 6.07) is 4.88. The number of rotatable bonds is 3. The molecular weight excluding hydrogens is 338 g/mol. The molecule has 124 valence electrons. The molecule has 0 fully saturated rings. The predicted octanol–water partition coefficient (Wildman–Crippen LogP) is 4.43. The number of pyridine rings is 1. The molecule has 1 aromatic carbocycles. The van der Waals surface area contributed by atoms with Crippen molar-refractivity contribution in [2.24, 2.45) is 0 Å². The lowest BCUT2D eigenvalue weighted by atomic mass is 10.0. The van der Waals surface area contributed by atoms with Crippen LogP contribution in [0.4, 0.5) is 8.78 Å². The van der Waals surface area contributed by atoms with E-state index in [4.69, 9.17) is 16.0 Å². The van der Waals surface area contributed by atoms with E-state index in [0.29, 0.717) is 17.0 Å². The van der Waals surface area contributed by atoms with Crippen LogP contribution in [-0.2, 0) is 6.54 Å². The number of hydrogen-bond donors (Lipinski definition) is 0. The monoisotopic (exact) mass is 350 g/mol. The van der Waals surface area contributed by atoms with Crippen LogP contribution in [0.1, 0.15) is 12.6 Å². The standard InChI is InChI=1S/C17H13ClF2N2O2/c1-3-22-15(14-12(19)5-4-6-13(14)20)10(7-11(18)17(22)23)16-9(2)21-8-24-16/h4-8H,3H2,1-2H3. The summed E-state index contributed by atoms with van der Waals surface area (Å²) in [5.74, 6) is -1.26. The van der Waals surface area contributed by atoms with E-state index in [0.717, 1.165) is 12.1 Å². The number of aryl methyl sites for hydroxylation is 1. The zero-order chi connectivity index (χ0) is 17.4. The maximum Gasteiger partial charge on any atom is 0.269 e. The van der Waals surface area contributed by atoms with Gasteiger partial charge < -0.3 is 8.98 Å². The maximum atomic E-state index is 14.4. The van der Waals surface area contributed by atoms with Crippen molar-refractivity contribution in [1.29, 1.82) is 0 Å². The van der Waals surface area contributed by atoms with Gasteiger partial charge in [0.15, 0.2) is 12.2 Å². The minimum Gasteiger partial charge on any atom is -0.443 e. The Morgan fingerprint density at radius 1 is 1.29 bits per heavy atom. The van der Waals surface area contributed by atoms with Gasteiger partial charge in [0, 0.05) is 12.1 Å². The Kier molecular flexibility index (Phi) is 4.24. The molecule has 0 N–H and O–H groups in total. The van der Waals surface area contributed by atoms with Gasteiger partial charge in [-0.3, -0.25) is 4.79 Å². The first-order valence-electron chi connectivity index (χ1n) is 7.23. The lowest BCUT2D eigenvalue weighted by Gasteiger charge is -2.17. The zero-order valence-corrected chi connectivity index (χ0v) is 13.7. The van der Waals surface area contributed by atoms with Crippen LogP contribution in [0.15, 0.2) is 39.9 Å². The number of hydrogen-bond acceptors (Lipinski definition) is 3. The lowest BCUT2D eigenvalue weighted by Crippen LogP contribution is -2.23. The molecule has 0 saturated heterocycles. The van der Waals surface area contributed by atoms with Gasteiger partial charge in [-0.25, -0.2) is 13.8 Å². The van der Waals surface area contributed by atoms with Crippen molar-refractivity contribution >= 4 is 11.6 Å². The summed E-state index contributed by atoms with van der Waals surface area (Å²) >= 11 is 6.02. The van der Waals surface area contributed by atoms with Crippen LogP contribution in [-0.4, -0.2) is 9.55 Å². The van der Waals surface area contributed by atoms with Gasteiger partial charge in [0.2, 0.25) is 0 Å². The van der Waals surface area contributed by atoms with E-state index in [-0.39, 0.29) is 22.8 Å². The summed E-state index contributed by atoms with van der Waals surface area (Å²) in [5, 5.41) is -0.0665. The fourth-order valence-corrected chi connectivity index (χ4v) is 2.87. The van der Waals surface area contributed by atoms with Gasteiger partial charge in [-0.1, -0.05) is 17.7 Å². The van der Waals surface area contributed by atoms with E-state index >= 15 is 0 Å². The van der Waals surface area contributed by atoms with Gasteiger partial charge in [-0.15, -0.1) is 0 Å². The minimum atomic E-state index is -0.780. The SMILES string of the molecule is CCn1c(-c2c(F)cccc2F)c(-c2ocnc2C)cc(Cl)c1=O. The number of aromatic nitrogens is 2. The van der Waals surface area contributed by atoms with Gasteiger partial charge in [0.25, 0.3) is 5.56 Å². The van der Waals surface area contributed by atoms with Gasteiger partial charge in [0.1, 0.15) is 16.7 Å². The van der Waals surface area contributed by atoms with Gasteiger partial charge in [-0.05, 0) is 32.0 Å². The molecule has 4 nitrogen and oxygen atoms in total. The third-order valence-electron chi connectivity index (χ3n) is 3.75. The Morgan fingerprint density at radius 2 is 1.96 bits per heavy atom. The molecule has 0 aliphatic heterocycles. The number of nitrogens with zero attached hydrogens (tertiary/aromatic N) is 2. The Balaban J connectivity index is 2.50. The summed E-state index contributed by atoms with van der Waals surface area (Å²) < 4.78 is 35.3. The summed E-state index contributed by atoms with van der Waals surface area (Å²) in [4.78, 5) is 16.4. The smallest absolute Gasteiger partial charge is 0.269 e. The van der Waals surface area contributed by atoms with E-state index in [2.05, 4.69) is 4.98 Å². The van der Waals surface area contributed by atoms with E-state index < -0.39 is 17.2 Å². The number of benzene rings is 1. The van der Waals surface area contributed by atoms with Crippen molar-refractivity contribution in [3.8, 4) is 22.6 Å². The Labute approximate surface area is 141 Å². The van der Waals surface area contributed by atoms with Crippen molar-refractivity contribution in [3.63, 3.8) is 0 Å². The molecule has 7 heteroatoms. The number of oxazole rings is 1. The second kappa shape index (κ2) is 6.20. The highest BCUT2D eigenvalue weighted by Crippen LogP contribution is 2.36. The third kappa shape index (κ3) is 2.53. The molecule has 2 heterocycles. The maximum absolute atomic E-state index is 14.4. The highest BCUT2D eigenvalue weighted by molar-refractivity contribution is 6.30. The summed E-state index contributed by atoms with van der Waals surface area (Å²) in [6.07, 6.45) is 1.22. The van der Waals surface area contributed by atoms with Crippen molar-refractivity contribution in [3.05, 3.63) is 63.4 Å². The Morgan fingerprint density at radius 3 is 2.50 bits per heavy atom. The fourth-order valence-electron chi connectivity index (χ4n) is 2.66. The molecule has 0 unspecified atom stereocenters. The highest BCUT2D eigenvalue weighted by atomic mass is 35.5. The molecule has 0 aliphatic carbocycles. The Hall–Kier alpha value is -2.47. The first kappa shape index (κ1) is 16.4. The first-order chi connectivity index (χ1) is 11.5. The molecule has 0 saturated carbocycles. The molecule has 0 aliphatic rings. The second-order valence-electron chi connectivity index (χ2n) is 5.17. The van der Waals surface area contributed by atoms with Gasteiger partial charge in [0.05, 0.1) is 17.0 Å². The molecule has 0 spiro atoms. The summed E-state index contributed by atoms with van der Waals surface area (Å²) in [7, 11) is 0. The van der Waals surface area contributed by atoms with Crippen molar-refractivity contribution in [2.45, 2.75) is 20.4 Å². The van der Waals surface area contributed by atoms with Crippen molar-refractivity contribution in [2.75, 3.05) is 0 Å². The van der Waals surface area contributed by atoms with Crippen molar-refractivity contribution < 1.29 is 13.2 Å². The van der Waals surface area contributed by atoms with E-state index in [1.54, 1.807) is 13.8 Å². The molecule has 2 aromatic heterocycles. The molecule has 0 atom stereocenters. The first-order valence-corrected chi connectivity index (χ1v) is 7.61. The molecule has 0 radical (unpaired) electrons. The number of halogens is 3. The van der Waals surface area contributed by atoms with Crippen LogP contribution < -0.4 is 5.56 Å². The topological polar surface area (TPSA) is 48.0 Å². The largest absolute Gasteiger partial charge is 0.443 e. The second-order valence-corrected chi connectivity index (χ2v) is 5.57. The fraction of sp³-hybridized carbons (Fsp3) is 0.176. The van der Waals surface area contributed by atoms with Crippen LogP contribution >= 0.6 is 11.6 Å². The van der Waals surface area contributed by atoms with E-state index in [9.17, 15) is 13.6 Å². The van der Waals surface area contributed by atoms with Crippen LogP contribution in [0, 0.1) is 18.6 Å². The van der Waals surface area contributed by atoms with Gasteiger partial charge >= 0.3 is 0 Å². The Bertz CT molecular complexity index is 959. The normalized spacial score (nSPS) is 11.0. The van der Waals surface area contributed by atoms with Crippen LogP contribution in [0.25, 0.3) is 22.6 Å².